The standard InChI is InChI=1S/C28H39N7O7/c1-27(2,3)42-26(37)33-11-9-30(10-12-33)18-24(36)32-15-13-31(14-16-32)21-5-7-22(8-6-21)40-20-28(4)19-34-17-23(35(38)39)29-25(34)41-28/h5-8,17H,9-16,18-20H2,1-4H3. The quantitative estimate of drug-likeness (QED) is 0.352. The molecule has 2 aromatic rings. The molecule has 0 aliphatic carbocycles. The van der Waals surface area contributed by atoms with Crippen molar-refractivity contribution in [3.05, 3.63) is 40.6 Å². The van der Waals surface area contributed by atoms with Crippen molar-refractivity contribution in [2.45, 2.75) is 45.4 Å². The van der Waals surface area contributed by atoms with Gasteiger partial charge in [-0.3, -0.25) is 14.3 Å². The highest BCUT2D eigenvalue weighted by Crippen LogP contribution is 2.31. The molecule has 228 valence electrons. The molecule has 3 aliphatic heterocycles. The van der Waals surface area contributed by atoms with Gasteiger partial charge in [-0.2, -0.15) is 0 Å². The number of carbonyl (C=O) groups excluding carboxylic acids is 2. The maximum Gasteiger partial charge on any atom is 0.415 e. The summed E-state index contributed by atoms with van der Waals surface area (Å²) in [5, 5.41) is 10.9. The summed E-state index contributed by atoms with van der Waals surface area (Å²) < 4.78 is 18.9. The van der Waals surface area contributed by atoms with Crippen LogP contribution in [-0.4, -0.2) is 118 Å². The smallest absolute Gasteiger partial charge is 0.415 e. The van der Waals surface area contributed by atoms with Crippen LogP contribution >= 0.6 is 0 Å². The molecule has 0 bridgehead atoms. The number of piperazine rings is 2. The lowest BCUT2D eigenvalue weighted by atomic mass is 10.1. The molecule has 42 heavy (non-hydrogen) atoms. The van der Waals surface area contributed by atoms with Gasteiger partial charge in [0.1, 0.15) is 24.2 Å². The molecule has 14 heteroatoms. The summed E-state index contributed by atoms with van der Waals surface area (Å²) in [7, 11) is 0. The Kier molecular flexibility index (Phi) is 8.17. The first-order chi connectivity index (χ1) is 19.9. The predicted octanol–water partition coefficient (Wildman–Crippen LogP) is 2.22. The van der Waals surface area contributed by atoms with Gasteiger partial charge in [0.05, 0.1) is 13.1 Å². The molecule has 0 spiro atoms. The fraction of sp³-hybridized carbons (Fsp3) is 0.607. The SMILES string of the molecule is CC(C)(C)OC(=O)N1CCN(CC(=O)N2CCN(c3ccc(OCC4(C)Cn5cc([N+](=O)[O-])nc5O4)cc3)CC2)CC1. The molecule has 1 aromatic carbocycles. The number of ether oxygens (including phenoxy) is 3. The number of benzene rings is 1. The molecule has 1 atom stereocenters. The molecule has 1 unspecified atom stereocenters. The lowest BCUT2D eigenvalue weighted by molar-refractivity contribution is -0.389. The summed E-state index contributed by atoms with van der Waals surface area (Å²) >= 11 is 0. The van der Waals surface area contributed by atoms with E-state index in [-0.39, 0.29) is 30.4 Å². The Morgan fingerprint density at radius 1 is 1.02 bits per heavy atom. The van der Waals surface area contributed by atoms with Crippen molar-refractivity contribution in [1.82, 2.24) is 24.3 Å². The van der Waals surface area contributed by atoms with Crippen LogP contribution in [0.4, 0.5) is 16.3 Å². The Bertz CT molecular complexity index is 1270. The molecule has 5 rings (SSSR count). The summed E-state index contributed by atoms with van der Waals surface area (Å²) in [6.45, 7) is 13.7. The second-order valence-electron chi connectivity index (χ2n) is 12.2. The van der Waals surface area contributed by atoms with Crippen molar-refractivity contribution >= 4 is 23.5 Å². The number of nitrogens with zero attached hydrogens (tertiary/aromatic N) is 7. The van der Waals surface area contributed by atoms with Gasteiger partial charge in [0.25, 0.3) is 0 Å². The van der Waals surface area contributed by atoms with Gasteiger partial charge in [-0.1, -0.05) is 0 Å². The van der Waals surface area contributed by atoms with Crippen molar-refractivity contribution in [3.63, 3.8) is 0 Å². The minimum absolute atomic E-state index is 0.114. The second kappa shape index (κ2) is 11.7. The molecule has 1 aromatic heterocycles. The van der Waals surface area contributed by atoms with E-state index in [0.29, 0.717) is 58.1 Å². The van der Waals surface area contributed by atoms with Crippen LogP contribution in [0.1, 0.15) is 27.7 Å². The van der Waals surface area contributed by atoms with Gasteiger partial charge < -0.3 is 39.0 Å². The van der Waals surface area contributed by atoms with Crippen LogP contribution in [-0.2, 0) is 16.1 Å². The molecule has 2 saturated heterocycles. The highest BCUT2D eigenvalue weighted by atomic mass is 16.6. The molecule has 2 fully saturated rings. The molecule has 3 aliphatic rings. The van der Waals surface area contributed by atoms with E-state index in [0.717, 1.165) is 18.8 Å². The van der Waals surface area contributed by atoms with Crippen molar-refractivity contribution in [3.8, 4) is 11.8 Å². The maximum atomic E-state index is 13.0. The number of anilines is 1. The monoisotopic (exact) mass is 585 g/mol. The normalized spacial score (nSPS) is 21.1. The Labute approximate surface area is 244 Å². The summed E-state index contributed by atoms with van der Waals surface area (Å²) in [5.74, 6) is 0.576. The average Bonchev–Trinajstić information content (AvgIpc) is 3.47. The van der Waals surface area contributed by atoms with Crippen LogP contribution in [0.2, 0.25) is 0 Å². The third kappa shape index (κ3) is 7.04. The minimum atomic E-state index is -0.676. The highest BCUT2D eigenvalue weighted by molar-refractivity contribution is 5.78. The van der Waals surface area contributed by atoms with Gasteiger partial charge in [-0.25, -0.2) is 4.79 Å². The number of hydrogen-bond donors (Lipinski definition) is 0. The van der Waals surface area contributed by atoms with E-state index in [2.05, 4.69) is 14.8 Å². The second-order valence-corrected chi connectivity index (χ2v) is 12.2. The summed E-state index contributed by atoms with van der Waals surface area (Å²) in [4.78, 5) is 47.5. The number of nitro groups is 1. The van der Waals surface area contributed by atoms with Gasteiger partial charge >= 0.3 is 17.9 Å². The first kappa shape index (κ1) is 29.4. The van der Waals surface area contributed by atoms with Gasteiger partial charge in [-0.15, -0.1) is 0 Å². The molecule has 0 saturated carbocycles. The molecule has 4 heterocycles. The van der Waals surface area contributed by atoms with Crippen LogP contribution in [0.5, 0.6) is 11.8 Å². The fourth-order valence-electron chi connectivity index (χ4n) is 5.27. The van der Waals surface area contributed by atoms with Gasteiger partial charge in [0.15, 0.2) is 5.60 Å². The lowest BCUT2D eigenvalue weighted by Crippen LogP contribution is -2.54. The van der Waals surface area contributed by atoms with E-state index in [9.17, 15) is 19.7 Å². The summed E-state index contributed by atoms with van der Waals surface area (Å²) in [6, 6.07) is 8.05. The van der Waals surface area contributed by atoms with E-state index >= 15 is 0 Å². The average molecular weight is 586 g/mol. The van der Waals surface area contributed by atoms with E-state index in [4.69, 9.17) is 14.2 Å². The Balaban J connectivity index is 1.02. The molecule has 14 nitrogen and oxygen atoms in total. The van der Waals surface area contributed by atoms with E-state index in [1.54, 1.807) is 9.47 Å². The third-order valence-corrected chi connectivity index (χ3v) is 7.52. The third-order valence-electron chi connectivity index (χ3n) is 7.52. The van der Waals surface area contributed by atoms with Gasteiger partial charge in [-0.05, 0) is 56.9 Å². The maximum absolute atomic E-state index is 13.0. The number of aromatic nitrogens is 2. The highest BCUT2D eigenvalue weighted by Gasteiger charge is 2.41. The molecule has 0 radical (unpaired) electrons. The number of carbonyl (C=O) groups is 2. The largest absolute Gasteiger partial charge is 0.489 e. The number of fused-ring (bicyclic) bond motifs is 1. The van der Waals surface area contributed by atoms with Crippen LogP contribution in [0.25, 0.3) is 0 Å². The zero-order chi connectivity index (χ0) is 30.1. The molecule has 2 amide bonds. The van der Waals surface area contributed by atoms with Crippen LogP contribution < -0.4 is 14.4 Å². The molecular weight excluding hydrogens is 546 g/mol. The van der Waals surface area contributed by atoms with Crippen LogP contribution in [0.3, 0.4) is 0 Å². The van der Waals surface area contributed by atoms with Crippen LogP contribution in [0.15, 0.2) is 30.5 Å². The zero-order valence-corrected chi connectivity index (χ0v) is 24.7. The fourth-order valence-corrected chi connectivity index (χ4v) is 5.27. The molecular formula is C28H39N7O7. The number of imidazole rings is 1. The van der Waals surface area contributed by atoms with Crippen molar-refractivity contribution in [1.29, 1.82) is 0 Å². The minimum Gasteiger partial charge on any atom is -0.489 e. The first-order valence-corrected chi connectivity index (χ1v) is 14.2. The van der Waals surface area contributed by atoms with E-state index in [1.807, 2.05) is 56.9 Å². The predicted molar refractivity (Wildman–Crippen MR) is 153 cm³/mol. The zero-order valence-electron chi connectivity index (χ0n) is 24.7. The number of rotatable bonds is 7. The number of amides is 2. The van der Waals surface area contributed by atoms with Crippen LogP contribution in [0, 0.1) is 10.1 Å². The first-order valence-electron chi connectivity index (χ1n) is 14.2. The van der Waals surface area contributed by atoms with E-state index in [1.165, 1.54) is 6.20 Å². The van der Waals surface area contributed by atoms with Crippen molar-refractivity contribution in [2.24, 2.45) is 0 Å². The van der Waals surface area contributed by atoms with Crippen molar-refractivity contribution < 1.29 is 28.7 Å². The van der Waals surface area contributed by atoms with Gasteiger partial charge in [0, 0.05) is 63.0 Å². The van der Waals surface area contributed by atoms with Crippen molar-refractivity contribution in [2.75, 3.05) is 70.4 Å². The lowest BCUT2D eigenvalue weighted by Gasteiger charge is -2.38. The molecule has 0 N–H and O–H groups in total. The Morgan fingerprint density at radius 2 is 1.67 bits per heavy atom. The topological polar surface area (TPSA) is 136 Å². The Morgan fingerprint density at radius 3 is 2.26 bits per heavy atom. The number of hydrogen-bond acceptors (Lipinski definition) is 10. The van der Waals surface area contributed by atoms with E-state index < -0.39 is 16.1 Å². The van der Waals surface area contributed by atoms with Gasteiger partial charge in [0.2, 0.25) is 5.91 Å². The summed E-state index contributed by atoms with van der Waals surface area (Å²) in [5.41, 5.74) is -0.137. The summed E-state index contributed by atoms with van der Waals surface area (Å²) in [6.07, 6.45) is 1.07. The Hall–Kier alpha value is -4.07.